The second-order valence-corrected chi connectivity index (χ2v) is 6.76. The zero-order valence-corrected chi connectivity index (χ0v) is 15.3. The van der Waals surface area contributed by atoms with Gasteiger partial charge in [0.2, 0.25) is 0 Å². The highest BCUT2D eigenvalue weighted by atomic mass is 16.3. The van der Waals surface area contributed by atoms with Gasteiger partial charge in [0.1, 0.15) is 11.5 Å². The van der Waals surface area contributed by atoms with E-state index in [4.69, 9.17) is 0 Å². The van der Waals surface area contributed by atoms with E-state index < -0.39 is 17.7 Å². The van der Waals surface area contributed by atoms with Crippen molar-refractivity contribution in [2.75, 3.05) is 27.2 Å². The first-order valence-corrected chi connectivity index (χ1v) is 8.67. The van der Waals surface area contributed by atoms with Crippen LogP contribution in [0.25, 0.3) is 5.76 Å². The van der Waals surface area contributed by atoms with E-state index in [1.165, 1.54) is 17.0 Å². The molecular formula is C21H22N2O4. The van der Waals surface area contributed by atoms with Gasteiger partial charge in [-0.05, 0) is 31.8 Å². The van der Waals surface area contributed by atoms with Crippen LogP contribution in [-0.4, -0.2) is 58.9 Å². The molecule has 6 nitrogen and oxygen atoms in total. The molecule has 0 aromatic heterocycles. The number of hydrogen-bond acceptors (Lipinski definition) is 5. The second kappa shape index (κ2) is 7.63. The molecule has 0 spiro atoms. The molecule has 1 atom stereocenters. The van der Waals surface area contributed by atoms with E-state index in [1.807, 2.05) is 19.0 Å². The first-order valence-electron chi connectivity index (χ1n) is 8.67. The number of likely N-dealkylation sites (tertiary alicyclic amines) is 1. The first kappa shape index (κ1) is 18.7. The zero-order chi connectivity index (χ0) is 19.6. The predicted octanol–water partition coefficient (Wildman–Crippen LogP) is 2.38. The van der Waals surface area contributed by atoms with Crippen LogP contribution in [0.1, 0.15) is 17.2 Å². The van der Waals surface area contributed by atoms with E-state index >= 15 is 0 Å². The topological polar surface area (TPSA) is 81.1 Å². The molecule has 0 bridgehead atoms. The number of amides is 1. The molecule has 2 aromatic carbocycles. The Bertz CT molecular complexity index is 890. The summed E-state index contributed by atoms with van der Waals surface area (Å²) in [5, 5.41) is 20.7. The van der Waals surface area contributed by atoms with E-state index in [2.05, 4.69) is 0 Å². The fraction of sp³-hybridized carbons (Fsp3) is 0.238. The van der Waals surface area contributed by atoms with Gasteiger partial charge < -0.3 is 20.0 Å². The van der Waals surface area contributed by atoms with Gasteiger partial charge in [-0.25, -0.2) is 0 Å². The molecule has 1 saturated heterocycles. The third kappa shape index (κ3) is 3.71. The largest absolute Gasteiger partial charge is 0.508 e. The van der Waals surface area contributed by atoms with Crippen LogP contribution >= 0.6 is 0 Å². The Labute approximate surface area is 158 Å². The maximum Gasteiger partial charge on any atom is 0.295 e. The Morgan fingerprint density at radius 2 is 1.78 bits per heavy atom. The summed E-state index contributed by atoms with van der Waals surface area (Å²) in [4.78, 5) is 28.8. The zero-order valence-electron chi connectivity index (χ0n) is 15.3. The minimum atomic E-state index is -0.753. The van der Waals surface area contributed by atoms with Crippen LogP contribution in [0, 0.1) is 0 Å². The summed E-state index contributed by atoms with van der Waals surface area (Å²) in [6.45, 7) is 0.886. The SMILES string of the molecule is CN(C)CCN1C(=O)C(=O)/C(=C(\O)c2ccccc2)C1c1cccc(O)c1. The minimum Gasteiger partial charge on any atom is -0.508 e. The van der Waals surface area contributed by atoms with Gasteiger partial charge in [0.25, 0.3) is 11.7 Å². The molecule has 1 aliphatic heterocycles. The second-order valence-electron chi connectivity index (χ2n) is 6.76. The van der Waals surface area contributed by atoms with Crippen LogP contribution in [0.4, 0.5) is 0 Å². The Morgan fingerprint density at radius 3 is 2.41 bits per heavy atom. The van der Waals surface area contributed by atoms with E-state index in [0.717, 1.165) is 0 Å². The number of benzene rings is 2. The Kier molecular flexibility index (Phi) is 5.28. The molecule has 0 saturated carbocycles. The highest BCUT2D eigenvalue weighted by molar-refractivity contribution is 6.46. The molecule has 0 aliphatic carbocycles. The van der Waals surface area contributed by atoms with Crippen molar-refractivity contribution in [3.8, 4) is 5.75 Å². The van der Waals surface area contributed by atoms with Crippen molar-refractivity contribution in [2.45, 2.75) is 6.04 Å². The van der Waals surface area contributed by atoms with E-state index in [0.29, 0.717) is 24.2 Å². The maximum absolute atomic E-state index is 12.8. The fourth-order valence-electron chi connectivity index (χ4n) is 3.21. The fourth-order valence-corrected chi connectivity index (χ4v) is 3.21. The van der Waals surface area contributed by atoms with Crippen molar-refractivity contribution in [1.29, 1.82) is 0 Å². The Hall–Kier alpha value is -3.12. The number of phenolic OH excluding ortho intramolecular Hbond substituents is 1. The van der Waals surface area contributed by atoms with Crippen molar-refractivity contribution in [1.82, 2.24) is 9.80 Å². The van der Waals surface area contributed by atoms with Crippen molar-refractivity contribution >= 4 is 17.4 Å². The summed E-state index contributed by atoms with van der Waals surface area (Å²) in [5.41, 5.74) is 1.08. The molecule has 1 amide bonds. The number of likely N-dealkylation sites (N-methyl/N-ethyl adjacent to an activating group) is 1. The Balaban J connectivity index is 2.15. The van der Waals surface area contributed by atoms with Crippen molar-refractivity contribution in [2.24, 2.45) is 0 Å². The number of aromatic hydroxyl groups is 1. The molecule has 2 N–H and O–H groups in total. The molecule has 1 unspecified atom stereocenters. The predicted molar refractivity (Wildman–Crippen MR) is 102 cm³/mol. The summed E-state index contributed by atoms with van der Waals surface area (Å²) >= 11 is 0. The number of Topliss-reactive ketones (excluding diaryl/α,β-unsaturated/α-hetero) is 1. The highest BCUT2D eigenvalue weighted by Crippen LogP contribution is 2.39. The standard InChI is InChI=1S/C21H22N2O4/c1-22(2)11-12-23-18(15-9-6-10-16(24)13-15)17(20(26)21(23)27)19(25)14-7-4-3-5-8-14/h3-10,13,18,24-25H,11-12H2,1-2H3/b19-17-. The lowest BCUT2D eigenvalue weighted by Crippen LogP contribution is -2.35. The average molecular weight is 366 g/mol. The third-order valence-corrected chi connectivity index (χ3v) is 4.56. The number of hydrogen-bond donors (Lipinski definition) is 2. The minimum absolute atomic E-state index is 0.0328. The first-order chi connectivity index (χ1) is 12.9. The van der Waals surface area contributed by atoms with Gasteiger partial charge in [0, 0.05) is 18.7 Å². The normalized spacial score (nSPS) is 19.1. The summed E-state index contributed by atoms with van der Waals surface area (Å²) in [5.74, 6) is -1.55. The molecule has 140 valence electrons. The number of phenols is 1. The van der Waals surface area contributed by atoms with E-state index in [9.17, 15) is 19.8 Å². The van der Waals surface area contributed by atoms with Gasteiger partial charge >= 0.3 is 0 Å². The summed E-state index contributed by atoms with van der Waals surface area (Å²) in [6, 6.07) is 14.3. The molecule has 0 radical (unpaired) electrons. The number of aliphatic hydroxyl groups is 1. The Morgan fingerprint density at radius 1 is 1.07 bits per heavy atom. The smallest absolute Gasteiger partial charge is 0.295 e. The average Bonchev–Trinajstić information content (AvgIpc) is 2.91. The van der Waals surface area contributed by atoms with E-state index in [-0.39, 0.29) is 17.1 Å². The highest BCUT2D eigenvalue weighted by Gasteiger charge is 2.45. The molecular weight excluding hydrogens is 344 g/mol. The lowest BCUT2D eigenvalue weighted by molar-refractivity contribution is -0.140. The summed E-state index contributed by atoms with van der Waals surface area (Å²) < 4.78 is 0. The number of aliphatic hydroxyl groups excluding tert-OH is 1. The number of ketones is 1. The summed E-state index contributed by atoms with van der Waals surface area (Å²) in [7, 11) is 3.76. The van der Waals surface area contributed by atoms with Crippen LogP contribution in [0.2, 0.25) is 0 Å². The lowest BCUT2D eigenvalue weighted by atomic mass is 9.95. The number of carbonyl (C=O) groups excluding carboxylic acids is 2. The number of carbonyl (C=O) groups is 2. The van der Waals surface area contributed by atoms with Gasteiger partial charge in [0.15, 0.2) is 0 Å². The van der Waals surface area contributed by atoms with Crippen LogP contribution in [-0.2, 0) is 9.59 Å². The summed E-state index contributed by atoms with van der Waals surface area (Å²) in [6.07, 6.45) is 0. The van der Waals surface area contributed by atoms with Gasteiger partial charge in [0.05, 0.1) is 11.6 Å². The van der Waals surface area contributed by atoms with Crippen LogP contribution in [0.3, 0.4) is 0 Å². The van der Waals surface area contributed by atoms with Crippen LogP contribution in [0.5, 0.6) is 5.75 Å². The van der Waals surface area contributed by atoms with Crippen molar-refractivity contribution in [3.63, 3.8) is 0 Å². The molecule has 1 fully saturated rings. The molecule has 3 rings (SSSR count). The third-order valence-electron chi connectivity index (χ3n) is 4.56. The van der Waals surface area contributed by atoms with Gasteiger partial charge in [-0.2, -0.15) is 0 Å². The molecule has 1 aliphatic rings. The van der Waals surface area contributed by atoms with Crippen molar-refractivity contribution in [3.05, 3.63) is 71.3 Å². The van der Waals surface area contributed by atoms with Crippen LogP contribution in [0.15, 0.2) is 60.2 Å². The number of nitrogens with zero attached hydrogens (tertiary/aromatic N) is 2. The quantitative estimate of drug-likeness (QED) is 0.482. The maximum atomic E-state index is 12.8. The monoisotopic (exact) mass is 366 g/mol. The van der Waals surface area contributed by atoms with Gasteiger partial charge in [-0.15, -0.1) is 0 Å². The van der Waals surface area contributed by atoms with Gasteiger partial charge in [-0.1, -0.05) is 42.5 Å². The molecule has 2 aromatic rings. The van der Waals surface area contributed by atoms with E-state index in [1.54, 1.807) is 42.5 Å². The molecule has 6 heteroatoms. The molecule has 1 heterocycles. The van der Waals surface area contributed by atoms with Crippen molar-refractivity contribution < 1.29 is 19.8 Å². The van der Waals surface area contributed by atoms with Crippen LogP contribution < -0.4 is 0 Å². The molecule has 27 heavy (non-hydrogen) atoms. The van der Waals surface area contributed by atoms with Gasteiger partial charge in [-0.3, -0.25) is 9.59 Å². The number of rotatable bonds is 5. The lowest BCUT2D eigenvalue weighted by Gasteiger charge is -2.26.